The smallest absolute Gasteiger partial charge is 0.343 e. The van der Waals surface area contributed by atoms with E-state index < -0.39 is 29.4 Å². The summed E-state index contributed by atoms with van der Waals surface area (Å²) in [5.41, 5.74) is 5.15. The zero-order chi connectivity index (χ0) is 43.3. The predicted molar refractivity (Wildman–Crippen MR) is 228 cm³/mol. The lowest BCUT2D eigenvalue weighted by Gasteiger charge is -2.40. The number of aliphatic hydroxyl groups is 1. The molecule has 5 atom stereocenters. The number of aliphatic imine (C=N–C) groups is 1. The van der Waals surface area contributed by atoms with Gasteiger partial charge in [-0.15, -0.1) is 0 Å². The fraction of sp³-hybridized carbons (Fsp3) is 0.271. The number of fused-ring (bicyclic) bond motifs is 8. The maximum absolute atomic E-state index is 14.0. The second kappa shape index (κ2) is 14.3. The van der Waals surface area contributed by atoms with Gasteiger partial charge in [0.25, 0.3) is 5.56 Å². The second-order valence-corrected chi connectivity index (χ2v) is 16.3. The third-order valence-electron chi connectivity index (χ3n) is 13.2. The Morgan fingerprint density at radius 1 is 0.921 bits per heavy atom. The third kappa shape index (κ3) is 5.72. The number of aromatic hydroxyl groups is 1. The van der Waals surface area contributed by atoms with Crippen molar-refractivity contribution in [1.29, 1.82) is 0 Å². The molecule has 63 heavy (non-hydrogen) atoms. The first kappa shape index (κ1) is 38.5. The van der Waals surface area contributed by atoms with E-state index in [0.29, 0.717) is 45.3 Å². The largest absolute Gasteiger partial charge is 0.502 e. The number of phenols is 1. The number of phenolic OH excluding ortho intramolecular Hbond substituents is 1. The molecular formula is C48H40N4O11. The van der Waals surface area contributed by atoms with Gasteiger partial charge in [-0.3, -0.25) is 14.6 Å². The Morgan fingerprint density at radius 3 is 2.41 bits per heavy atom. The molecule has 5 aliphatic rings. The number of para-hydroxylation sites is 3. The van der Waals surface area contributed by atoms with Gasteiger partial charge in [0.05, 0.1) is 73.2 Å². The summed E-state index contributed by atoms with van der Waals surface area (Å²) < 4.78 is 35.6. The Labute approximate surface area is 359 Å². The summed E-state index contributed by atoms with van der Waals surface area (Å²) in [5, 5.41) is 26.8. The average Bonchev–Trinajstić information content (AvgIpc) is 4.03. The van der Waals surface area contributed by atoms with Crippen LogP contribution < -0.4 is 29.8 Å². The van der Waals surface area contributed by atoms with E-state index in [9.17, 15) is 24.6 Å². The van der Waals surface area contributed by atoms with E-state index in [1.54, 1.807) is 35.9 Å². The van der Waals surface area contributed by atoms with Crippen molar-refractivity contribution < 1.29 is 48.2 Å². The van der Waals surface area contributed by atoms with E-state index in [-0.39, 0.29) is 78.8 Å². The van der Waals surface area contributed by atoms with E-state index in [1.807, 2.05) is 60.7 Å². The molecule has 318 valence electrons. The van der Waals surface area contributed by atoms with Crippen molar-refractivity contribution in [2.45, 2.75) is 44.1 Å². The summed E-state index contributed by atoms with van der Waals surface area (Å²) in [7, 11) is 2.92. The lowest BCUT2D eigenvalue weighted by Crippen LogP contribution is -2.44. The number of esters is 2. The van der Waals surface area contributed by atoms with Crippen LogP contribution in [0.4, 0.5) is 11.4 Å². The average molecular weight is 849 g/mol. The molecule has 0 spiro atoms. The molecule has 1 fully saturated rings. The number of rotatable bonds is 8. The van der Waals surface area contributed by atoms with Crippen LogP contribution in [0.3, 0.4) is 0 Å². The fourth-order valence-electron chi connectivity index (χ4n) is 10.1. The number of benzene rings is 4. The molecule has 11 rings (SSSR count). The van der Waals surface area contributed by atoms with Gasteiger partial charge in [-0.1, -0.05) is 37.3 Å². The van der Waals surface area contributed by atoms with Crippen LogP contribution >= 0.6 is 0 Å². The summed E-state index contributed by atoms with van der Waals surface area (Å²) in [4.78, 5) is 50.8. The highest BCUT2D eigenvalue weighted by atomic mass is 16.7. The zero-order valence-electron chi connectivity index (χ0n) is 34.3. The van der Waals surface area contributed by atoms with Crippen LogP contribution in [0, 0.1) is 11.8 Å². The van der Waals surface area contributed by atoms with Gasteiger partial charge < -0.3 is 48.5 Å². The highest BCUT2D eigenvalue weighted by molar-refractivity contribution is 6.03. The van der Waals surface area contributed by atoms with Crippen LogP contribution in [0.15, 0.2) is 88.6 Å². The lowest BCUT2D eigenvalue weighted by atomic mass is 9.65. The number of methoxy groups -OCH3 is 2. The summed E-state index contributed by atoms with van der Waals surface area (Å²) >= 11 is 0. The number of carbonyl (C=O) groups is 2. The van der Waals surface area contributed by atoms with Gasteiger partial charge in [0.1, 0.15) is 6.61 Å². The molecule has 0 bridgehead atoms. The number of hydrogen-bond donors (Lipinski definition) is 3. The standard InChI is InChI=1S/C48H40N4O11/c1-4-48(57)31-17-35-43-28(19-52(35)45(54)29(31)20-61-47(48)56)27(24-9-5-6-10-32(24)50-43)18-49-33-11-7-8-12-34(33)51-42-26-16-37-36(62-22-63-37)15-25(26)40(41-30(42)21-60-46(41)55)23-13-38(58-2)44(53)39(14-23)59-3/h5-18,30,40-42,51,53,57H,4,19-22H2,1-3H3/t30-,40+,41-,42+,48-/m0/s1. The van der Waals surface area contributed by atoms with Gasteiger partial charge in [0.2, 0.25) is 12.5 Å². The van der Waals surface area contributed by atoms with Gasteiger partial charge in [-0.2, -0.15) is 0 Å². The van der Waals surface area contributed by atoms with E-state index in [4.69, 9.17) is 38.4 Å². The van der Waals surface area contributed by atoms with Crippen LogP contribution in [-0.4, -0.2) is 65.5 Å². The number of nitrogens with zero attached hydrogens (tertiary/aromatic N) is 3. The van der Waals surface area contributed by atoms with Crippen molar-refractivity contribution in [2.24, 2.45) is 16.8 Å². The van der Waals surface area contributed by atoms with Gasteiger partial charge >= 0.3 is 11.9 Å². The van der Waals surface area contributed by atoms with Crippen molar-refractivity contribution in [3.05, 3.63) is 128 Å². The molecule has 1 saturated heterocycles. The molecule has 1 aliphatic carbocycles. The van der Waals surface area contributed by atoms with Crippen molar-refractivity contribution >= 4 is 40.4 Å². The first-order valence-corrected chi connectivity index (χ1v) is 20.6. The molecule has 2 aromatic heterocycles. The van der Waals surface area contributed by atoms with E-state index in [0.717, 1.165) is 27.6 Å². The molecule has 0 saturated carbocycles. The Bertz CT molecular complexity index is 3030. The maximum Gasteiger partial charge on any atom is 0.343 e. The number of carbonyl (C=O) groups excluding carboxylic acids is 2. The molecule has 3 N–H and O–H groups in total. The lowest BCUT2D eigenvalue weighted by molar-refractivity contribution is -0.172. The number of cyclic esters (lactones) is 2. The molecule has 6 aromatic rings. The van der Waals surface area contributed by atoms with Gasteiger partial charge in [0.15, 0.2) is 28.6 Å². The Balaban J connectivity index is 1.01. The molecule has 6 heterocycles. The zero-order valence-corrected chi connectivity index (χ0v) is 34.3. The highest BCUT2D eigenvalue weighted by Crippen LogP contribution is 2.56. The number of hydrogen-bond acceptors (Lipinski definition) is 14. The van der Waals surface area contributed by atoms with Crippen LogP contribution in [0.2, 0.25) is 0 Å². The van der Waals surface area contributed by atoms with Gasteiger partial charge in [0, 0.05) is 40.1 Å². The number of ether oxygens (including phenoxy) is 6. The third-order valence-corrected chi connectivity index (χ3v) is 13.2. The Morgan fingerprint density at radius 2 is 1.65 bits per heavy atom. The minimum atomic E-state index is -1.95. The molecule has 0 unspecified atom stereocenters. The first-order chi connectivity index (χ1) is 30.6. The maximum atomic E-state index is 14.0. The van der Waals surface area contributed by atoms with E-state index >= 15 is 0 Å². The number of pyridine rings is 2. The summed E-state index contributed by atoms with van der Waals surface area (Å²) in [5.74, 6) is -1.24. The van der Waals surface area contributed by atoms with Crippen molar-refractivity contribution in [3.63, 3.8) is 0 Å². The normalized spacial score (nSPS) is 22.5. The number of nitrogens with one attached hydrogen (secondary N) is 1. The fourth-order valence-corrected chi connectivity index (χ4v) is 10.1. The molecule has 15 heteroatoms. The number of anilines is 1. The van der Waals surface area contributed by atoms with E-state index in [1.165, 1.54) is 14.2 Å². The molecule has 0 amide bonds. The summed E-state index contributed by atoms with van der Waals surface area (Å²) in [6, 6.07) is 23.9. The minimum absolute atomic E-state index is 0.0378. The quantitative estimate of drug-likeness (QED) is 0.113. The molecular weight excluding hydrogens is 809 g/mol. The monoisotopic (exact) mass is 848 g/mol. The SMILES string of the molecule is CC[C@@]1(O)C(=O)OCc2c1cc1n(c2=O)Cc2c-1nc1ccccc1c2C=Nc1ccccc1N[C@@H]1c2cc3c(cc2[C@@H](c2cc(OC)c(O)c(OC)c2)[C@H]2C(=O)OC[C@@H]21)OCO3. The molecule has 4 aliphatic heterocycles. The van der Waals surface area contributed by atoms with Crippen LogP contribution in [0.5, 0.6) is 28.7 Å². The number of aromatic nitrogens is 2. The van der Waals surface area contributed by atoms with Crippen molar-refractivity contribution in [1.82, 2.24) is 9.55 Å². The Kier molecular flexibility index (Phi) is 8.77. The van der Waals surface area contributed by atoms with Crippen LogP contribution in [-0.2, 0) is 37.8 Å². The van der Waals surface area contributed by atoms with Crippen LogP contribution in [0.25, 0.3) is 22.3 Å². The minimum Gasteiger partial charge on any atom is -0.502 e. The van der Waals surface area contributed by atoms with E-state index in [2.05, 4.69) is 5.32 Å². The molecule has 0 radical (unpaired) electrons. The molecule has 15 nitrogen and oxygen atoms in total. The topological polar surface area (TPSA) is 189 Å². The van der Waals surface area contributed by atoms with Crippen molar-refractivity contribution in [2.75, 3.05) is 32.9 Å². The van der Waals surface area contributed by atoms with Gasteiger partial charge in [-0.05, 0) is 71.6 Å². The highest BCUT2D eigenvalue weighted by Gasteiger charge is 2.53. The summed E-state index contributed by atoms with van der Waals surface area (Å²) in [6.45, 7) is 1.85. The summed E-state index contributed by atoms with van der Waals surface area (Å²) in [6.07, 6.45) is 1.82. The second-order valence-electron chi connectivity index (χ2n) is 16.3. The first-order valence-electron chi connectivity index (χ1n) is 20.6. The van der Waals surface area contributed by atoms with Crippen molar-refractivity contribution in [3.8, 4) is 40.1 Å². The molecule has 4 aromatic carbocycles. The Hall–Kier alpha value is -7.39. The van der Waals surface area contributed by atoms with Gasteiger partial charge in [-0.25, -0.2) is 9.78 Å². The predicted octanol–water partition coefficient (Wildman–Crippen LogP) is 6.37. The van der Waals surface area contributed by atoms with Crippen LogP contribution in [0.1, 0.15) is 64.2 Å².